The highest BCUT2D eigenvalue weighted by molar-refractivity contribution is 7.17. The van der Waals surface area contributed by atoms with Crippen LogP contribution in [0.1, 0.15) is 33.3 Å². The molecule has 0 bridgehead atoms. The molecule has 1 saturated carbocycles. The highest BCUT2D eigenvalue weighted by Gasteiger charge is 2.66. The number of nitrogens with two attached hydrogens (primary N) is 1. The summed E-state index contributed by atoms with van der Waals surface area (Å²) in [4.78, 5) is 0. The zero-order valence-corrected chi connectivity index (χ0v) is 13.1. The Kier molecular flexibility index (Phi) is 2.81. The fraction of sp³-hybridized carbons (Fsp3) is 0.529. The Labute approximate surface area is 119 Å². The molecule has 3 rings (SSSR count). The van der Waals surface area contributed by atoms with Gasteiger partial charge in [0.05, 0.1) is 0 Å². The van der Waals surface area contributed by atoms with E-state index in [0.717, 1.165) is 6.42 Å². The summed E-state index contributed by atoms with van der Waals surface area (Å²) in [6, 6.07) is 8.91. The Hall–Kier alpha value is -0.860. The maximum atomic E-state index is 6.52. The summed E-state index contributed by atoms with van der Waals surface area (Å²) in [5.41, 5.74) is 8.69. The zero-order chi connectivity index (χ0) is 13.8. The van der Waals surface area contributed by atoms with Gasteiger partial charge >= 0.3 is 0 Å². The number of fused-ring (bicyclic) bond motifs is 1. The molecule has 1 aromatic heterocycles. The van der Waals surface area contributed by atoms with Crippen molar-refractivity contribution >= 4 is 21.4 Å². The van der Waals surface area contributed by atoms with Crippen LogP contribution in [0, 0.1) is 16.7 Å². The third kappa shape index (κ3) is 1.85. The van der Waals surface area contributed by atoms with E-state index in [-0.39, 0.29) is 6.04 Å². The second-order valence-electron chi connectivity index (χ2n) is 7.05. The summed E-state index contributed by atoms with van der Waals surface area (Å²) < 4.78 is 1.37. The van der Waals surface area contributed by atoms with Crippen molar-refractivity contribution in [3.05, 3.63) is 35.2 Å². The Morgan fingerprint density at radius 2 is 1.79 bits per heavy atom. The molecular weight excluding hydrogens is 250 g/mol. The molecule has 0 amide bonds. The van der Waals surface area contributed by atoms with E-state index in [1.54, 1.807) is 0 Å². The van der Waals surface area contributed by atoms with Crippen molar-refractivity contribution in [3.63, 3.8) is 0 Å². The lowest BCUT2D eigenvalue weighted by molar-refractivity contribution is 0.457. The lowest BCUT2D eigenvalue weighted by Gasteiger charge is -2.13. The third-order valence-electron chi connectivity index (χ3n) is 5.58. The van der Waals surface area contributed by atoms with Crippen molar-refractivity contribution in [2.45, 2.75) is 40.2 Å². The van der Waals surface area contributed by atoms with Gasteiger partial charge < -0.3 is 5.73 Å². The summed E-state index contributed by atoms with van der Waals surface area (Å²) in [5.74, 6) is 0.624. The molecule has 1 heterocycles. The van der Waals surface area contributed by atoms with Gasteiger partial charge in [-0.15, -0.1) is 11.3 Å². The first-order chi connectivity index (χ1) is 8.85. The fourth-order valence-corrected chi connectivity index (χ4v) is 4.86. The van der Waals surface area contributed by atoms with Gasteiger partial charge in [0.1, 0.15) is 0 Å². The molecule has 1 aliphatic rings. The van der Waals surface area contributed by atoms with Crippen LogP contribution in [-0.4, -0.2) is 6.04 Å². The minimum atomic E-state index is 0.267. The molecule has 1 aromatic carbocycles. The normalized spacial score (nSPS) is 22.6. The van der Waals surface area contributed by atoms with E-state index in [4.69, 9.17) is 5.73 Å². The summed E-state index contributed by atoms with van der Waals surface area (Å²) in [6.07, 6.45) is 1.00. The molecule has 0 aliphatic heterocycles. The van der Waals surface area contributed by atoms with Crippen molar-refractivity contribution in [1.29, 1.82) is 0 Å². The van der Waals surface area contributed by atoms with Gasteiger partial charge in [0, 0.05) is 10.7 Å². The first kappa shape index (κ1) is 13.1. The van der Waals surface area contributed by atoms with Crippen LogP contribution >= 0.6 is 11.3 Å². The second kappa shape index (κ2) is 4.07. The Balaban J connectivity index is 1.83. The Bertz CT molecular complexity index is 595. The fourth-order valence-electron chi connectivity index (χ4n) is 3.88. The minimum Gasteiger partial charge on any atom is -0.327 e. The average Bonchev–Trinajstić information content (AvgIpc) is 2.64. The van der Waals surface area contributed by atoms with E-state index in [9.17, 15) is 0 Å². The first-order valence-electron chi connectivity index (χ1n) is 7.06. The van der Waals surface area contributed by atoms with Gasteiger partial charge in [-0.25, -0.2) is 0 Å². The number of thiophene rings is 1. The molecule has 0 spiro atoms. The van der Waals surface area contributed by atoms with E-state index >= 15 is 0 Å². The molecule has 2 heteroatoms. The number of hydrogen-bond donors (Lipinski definition) is 1. The Morgan fingerprint density at radius 1 is 1.16 bits per heavy atom. The van der Waals surface area contributed by atoms with Crippen LogP contribution in [0.5, 0.6) is 0 Å². The predicted molar refractivity (Wildman–Crippen MR) is 84.6 cm³/mol. The summed E-state index contributed by atoms with van der Waals surface area (Å²) in [6.45, 7) is 9.40. The standard InChI is InChI=1S/C17H23NS/c1-16(2)15(17(16,3)4)13(18)9-11-10-19-14-8-6-5-7-12(11)14/h5-8,10,13,15H,9,18H2,1-4H3. The van der Waals surface area contributed by atoms with Gasteiger partial charge in [0.15, 0.2) is 0 Å². The van der Waals surface area contributed by atoms with Crippen LogP contribution in [0.3, 0.4) is 0 Å². The minimum absolute atomic E-state index is 0.267. The molecule has 2 aromatic rings. The average molecular weight is 273 g/mol. The maximum Gasteiger partial charge on any atom is 0.0345 e. The van der Waals surface area contributed by atoms with Crippen LogP contribution in [0.2, 0.25) is 0 Å². The highest BCUT2D eigenvalue weighted by Crippen LogP contribution is 2.69. The molecule has 1 aliphatic carbocycles. The van der Waals surface area contributed by atoms with Crippen LogP contribution in [-0.2, 0) is 6.42 Å². The second-order valence-corrected chi connectivity index (χ2v) is 7.96. The van der Waals surface area contributed by atoms with Gasteiger partial charge in [-0.1, -0.05) is 45.9 Å². The van der Waals surface area contributed by atoms with Gasteiger partial charge in [-0.05, 0) is 45.6 Å². The molecule has 0 radical (unpaired) electrons. The van der Waals surface area contributed by atoms with Crippen LogP contribution < -0.4 is 5.73 Å². The van der Waals surface area contributed by atoms with Crippen molar-refractivity contribution in [2.75, 3.05) is 0 Å². The molecule has 102 valence electrons. The third-order valence-corrected chi connectivity index (χ3v) is 6.59. The summed E-state index contributed by atoms with van der Waals surface area (Å²) >= 11 is 1.83. The van der Waals surface area contributed by atoms with Crippen molar-refractivity contribution in [3.8, 4) is 0 Å². The van der Waals surface area contributed by atoms with Crippen LogP contribution in [0.25, 0.3) is 10.1 Å². The zero-order valence-electron chi connectivity index (χ0n) is 12.2. The number of rotatable bonds is 3. The SMILES string of the molecule is CC1(C)C(C(N)Cc2csc3ccccc23)C1(C)C. The largest absolute Gasteiger partial charge is 0.327 e. The lowest BCUT2D eigenvalue weighted by atomic mass is 9.97. The highest BCUT2D eigenvalue weighted by atomic mass is 32.1. The van der Waals surface area contributed by atoms with E-state index in [1.807, 2.05) is 11.3 Å². The predicted octanol–water partition coefficient (Wildman–Crippen LogP) is 4.45. The van der Waals surface area contributed by atoms with Gasteiger partial charge in [-0.3, -0.25) is 0 Å². The summed E-state index contributed by atoms with van der Waals surface area (Å²) in [7, 11) is 0. The molecular formula is C17H23NS. The smallest absolute Gasteiger partial charge is 0.0345 e. The quantitative estimate of drug-likeness (QED) is 0.878. The number of hydrogen-bond acceptors (Lipinski definition) is 2. The maximum absolute atomic E-state index is 6.52. The van der Waals surface area contributed by atoms with Crippen LogP contribution in [0.15, 0.2) is 29.6 Å². The molecule has 1 fully saturated rings. The van der Waals surface area contributed by atoms with E-state index in [1.165, 1.54) is 15.6 Å². The van der Waals surface area contributed by atoms with Crippen molar-refractivity contribution in [2.24, 2.45) is 22.5 Å². The number of benzene rings is 1. The Morgan fingerprint density at radius 3 is 2.42 bits per heavy atom. The lowest BCUT2D eigenvalue weighted by Crippen LogP contribution is -2.28. The van der Waals surface area contributed by atoms with Gasteiger partial charge in [0.25, 0.3) is 0 Å². The van der Waals surface area contributed by atoms with Crippen molar-refractivity contribution in [1.82, 2.24) is 0 Å². The summed E-state index contributed by atoms with van der Waals surface area (Å²) in [5, 5.41) is 3.67. The molecule has 2 N–H and O–H groups in total. The van der Waals surface area contributed by atoms with E-state index in [2.05, 4.69) is 57.3 Å². The first-order valence-corrected chi connectivity index (χ1v) is 7.94. The monoisotopic (exact) mass is 273 g/mol. The van der Waals surface area contributed by atoms with Crippen molar-refractivity contribution < 1.29 is 0 Å². The molecule has 1 atom stereocenters. The topological polar surface area (TPSA) is 26.0 Å². The molecule has 1 unspecified atom stereocenters. The van der Waals surface area contributed by atoms with E-state index < -0.39 is 0 Å². The molecule has 19 heavy (non-hydrogen) atoms. The van der Waals surface area contributed by atoms with Crippen LogP contribution in [0.4, 0.5) is 0 Å². The molecule has 0 saturated heterocycles. The molecule has 1 nitrogen and oxygen atoms in total. The van der Waals surface area contributed by atoms with E-state index in [0.29, 0.717) is 16.7 Å². The van der Waals surface area contributed by atoms with Gasteiger partial charge in [-0.2, -0.15) is 0 Å². The van der Waals surface area contributed by atoms with Gasteiger partial charge in [0.2, 0.25) is 0 Å².